The molecular formula is C27H48O3. The molecule has 5 atom stereocenters. The molecule has 0 bridgehead atoms. The standard InChI is InChI=1S/C25H42O3.C2H6/c1-24(2,28)13-5-4-8-20-11-12-23-19(7-6-14-25(20,23)3)10-9-18-15-21(26)17-22(27)16-18;1-2/h9-10,20-23,26-28H,4-8,11-17H2,1-3H3;1-2H3/b18-9?,19-10+;/t20?,21-,22?,23?,25?;/m1./s1. The lowest BCUT2D eigenvalue weighted by Crippen LogP contribution is -2.33. The Morgan fingerprint density at radius 2 is 1.70 bits per heavy atom. The molecule has 3 aliphatic rings. The Bertz CT molecular complexity index is 573. The summed E-state index contributed by atoms with van der Waals surface area (Å²) in [6, 6.07) is 0. The van der Waals surface area contributed by atoms with Crippen molar-refractivity contribution in [1.29, 1.82) is 0 Å². The van der Waals surface area contributed by atoms with Gasteiger partial charge in [-0.05, 0) is 95.3 Å². The second-order valence-corrected chi connectivity index (χ2v) is 10.8. The Kier molecular flexibility index (Phi) is 9.64. The van der Waals surface area contributed by atoms with E-state index in [9.17, 15) is 15.3 Å². The summed E-state index contributed by atoms with van der Waals surface area (Å²) < 4.78 is 0. The number of unbranched alkanes of at least 4 members (excludes halogenated alkanes) is 1. The van der Waals surface area contributed by atoms with Gasteiger partial charge in [-0.25, -0.2) is 0 Å². The minimum Gasteiger partial charge on any atom is -0.393 e. The number of rotatable bonds is 6. The van der Waals surface area contributed by atoms with Crippen LogP contribution in [0.1, 0.15) is 112 Å². The monoisotopic (exact) mass is 420 g/mol. The minimum absolute atomic E-state index is 0.384. The van der Waals surface area contributed by atoms with Gasteiger partial charge in [0.05, 0.1) is 17.8 Å². The van der Waals surface area contributed by atoms with Crippen LogP contribution >= 0.6 is 0 Å². The Morgan fingerprint density at radius 3 is 2.33 bits per heavy atom. The fourth-order valence-electron chi connectivity index (χ4n) is 6.30. The van der Waals surface area contributed by atoms with Gasteiger partial charge in [0.1, 0.15) is 0 Å². The van der Waals surface area contributed by atoms with Crippen LogP contribution in [0.25, 0.3) is 0 Å². The van der Waals surface area contributed by atoms with Crippen molar-refractivity contribution in [2.24, 2.45) is 17.3 Å². The number of fused-ring (bicyclic) bond motifs is 1. The molecule has 0 aromatic carbocycles. The van der Waals surface area contributed by atoms with Gasteiger partial charge in [-0.3, -0.25) is 0 Å². The normalized spacial score (nSPS) is 37.1. The molecule has 3 aliphatic carbocycles. The molecule has 0 saturated heterocycles. The Hall–Kier alpha value is -0.640. The molecule has 0 heterocycles. The maximum Gasteiger partial charge on any atom is 0.0602 e. The molecule has 3 nitrogen and oxygen atoms in total. The lowest BCUT2D eigenvalue weighted by molar-refractivity contribution is 0.0608. The zero-order valence-corrected chi connectivity index (χ0v) is 20.3. The van der Waals surface area contributed by atoms with Crippen LogP contribution in [0.2, 0.25) is 0 Å². The van der Waals surface area contributed by atoms with Crippen molar-refractivity contribution in [3.05, 3.63) is 23.3 Å². The van der Waals surface area contributed by atoms with Gasteiger partial charge in [0, 0.05) is 0 Å². The molecule has 4 unspecified atom stereocenters. The first-order valence-electron chi connectivity index (χ1n) is 12.6. The molecule has 0 radical (unpaired) electrons. The molecule has 3 rings (SSSR count). The Balaban J connectivity index is 0.00000155. The van der Waals surface area contributed by atoms with Crippen molar-refractivity contribution in [2.45, 2.75) is 129 Å². The highest BCUT2D eigenvalue weighted by Crippen LogP contribution is 2.58. The van der Waals surface area contributed by atoms with Gasteiger partial charge in [-0.2, -0.15) is 0 Å². The largest absolute Gasteiger partial charge is 0.393 e. The summed E-state index contributed by atoms with van der Waals surface area (Å²) >= 11 is 0. The maximum atomic E-state index is 9.94. The molecule has 30 heavy (non-hydrogen) atoms. The van der Waals surface area contributed by atoms with Crippen LogP contribution in [0.3, 0.4) is 0 Å². The van der Waals surface area contributed by atoms with Gasteiger partial charge in [0.25, 0.3) is 0 Å². The summed E-state index contributed by atoms with van der Waals surface area (Å²) in [7, 11) is 0. The van der Waals surface area contributed by atoms with E-state index in [0.717, 1.165) is 18.8 Å². The average Bonchev–Trinajstić information content (AvgIpc) is 3.00. The van der Waals surface area contributed by atoms with E-state index in [0.29, 0.717) is 30.6 Å². The second-order valence-electron chi connectivity index (χ2n) is 10.8. The topological polar surface area (TPSA) is 60.7 Å². The molecule has 0 spiro atoms. The number of aliphatic hydroxyl groups excluding tert-OH is 2. The van der Waals surface area contributed by atoms with Crippen LogP contribution in [0.5, 0.6) is 0 Å². The number of aliphatic hydroxyl groups is 3. The van der Waals surface area contributed by atoms with Gasteiger partial charge in [0.2, 0.25) is 0 Å². The zero-order chi connectivity index (χ0) is 22.4. The number of allylic oxidation sites excluding steroid dienone is 3. The molecule has 3 heteroatoms. The molecule has 3 saturated carbocycles. The van der Waals surface area contributed by atoms with Crippen LogP contribution in [-0.2, 0) is 0 Å². The van der Waals surface area contributed by atoms with Crippen LogP contribution in [-0.4, -0.2) is 33.1 Å². The fourth-order valence-corrected chi connectivity index (χ4v) is 6.30. The lowest BCUT2D eigenvalue weighted by atomic mass is 9.62. The summed E-state index contributed by atoms with van der Waals surface area (Å²) in [6.45, 7) is 10.4. The third-order valence-electron chi connectivity index (χ3n) is 7.83. The second kappa shape index (κ2) is 11.3. The first kappa shape index (κ1) is 25.6. The van der Waals surface area contributed by atoms with Crippen molar-refractivity contribution >= 4 is 0 Å². The van der Waals surface area contributed by atoms with E-state index >= 15 is 0 Å². The first-order valence-corrected chi connectivity index (χ1v) is 12.6. The van der Waals surface area contributed by atoms with Gasteiger partial charge in [-0.1, -0.05) is 56.9 Å². The van der Waals surface area contributed by atoms with Crippen molar-refractivity contribution in [2.75, 3.05) is 0 Å². The highest BCUT2D eigenvalue weighted by atomic mass is 16.3. The summed E-state index contributed by atoms with van der Waals surface area (Å²) in [4.78, 5) is 0. The summed E-state index contributed by atoms with van der Waals surface area (Å²) in [6.07, 6.45) is 16.8. The molecular weight excluding hydrogens is 372 g/mol. The Labute approximate surface area is 185 Å². The first-order chi connectivity index (χ1) is 14.2. The van der Waals surface area contributed by atoms with Gasteiger partial charge in [0.15, 0.2) is 0 Å². The van der Waals surface area contributed by atoms with E-state index in [-0.39, 0.29) is 12.2 Å². The van der Waals surface area contributed by atoms with Crippen LogP contribution in [0.4, 0.5) is 0 Å². The molecule has 0 aliphatic heterocycles. The van der Waals surface area contributed by atoms with E-state index in [2.05, 4.69) is 19.1 Å². The van der Waals surface area contributed by atoms with Crippen LogP contribution in [0.15, 0.2) is 23.3 Å². The predicted octanol–water partition coefficient (Wildman–Crippen LogP) is 6.32. The average molecular weight is 421 g/mol. The fraction of sp³-hybridized carbons (Fsp3) is 0.852. The summed E-state index contributed by atoms with van der Waals surface area (Å²) in [5.74, 6) is 1.52. The molecule has 174 valence electrons. The highest BCUT2D eigenvalue weighted by molar-refractivity contribution is 5.26. The van der Waals surface area contributed by atoms with Gasteiger partial charge >= 0.3 is 0 Å². The van der Waals surface area contributed by atoms with Crippen molar-refractivity contribution in [3.63, 3.8) is 0 Å². The van der Waals surface area contributed by atoms with E-state index in [4.69, 9.17) is 0 Å². The van der Waals surface area contributed by atoms with Gasteiger partial charge < -0.3 is 15.3 Å². The molecule has 0 amide bonds. The van der Waals surface area contributed by atoms with Crippen molar-refractivity contribution in [3.8, 4) is 0 Å². The minimum atomic E-state index is -0.531. The van der Waals surface area contributed by atoms with Crippen LogP contribution < -0.4 is 0 Å². The Morgan fingerprint density at radius 1 is 1.03 bits per heavy atom. The van der Waals surface area contributed by atoms with Crippen molar-refractivity contribution < 1.29 is 15.3 Å². The van der Waals surface area contributed by atoms with E-state index < -0.39 is 5.60 Å². The number of hydrogen-bond acceptors (Lipinski definition) is 3. The molecule has 3 fully saturated rings. The third-order valence-corrected chi connectivity index (χ3v) is 7.83. The summed E-state index contributed by atoms with van der Waals surface area (Å²) in [5, 5.41) is 29.8. The van der Waals surface area contributed by atoms with Crippen LogP contribution in [0, 0.1) is 17.3 Å². The predicted molar refractivity (Wildman–Crippen MR) is 126 cm³/mol. The van der Waals surface area contributed by atoms with E-state index in [1.165, 1.54) is 50.5 Å². The SMILES string of the molecule is CC.CC(C)(O)CCCCC1CCC2/C(=C/C=C3CC(O)C[C@H](O)C3)CCCC12C. The van der Waals surface area contributed by atoms with Crippen molar-refractivity contribution in [1.82, 2.24) is 0 Å². The smallest absolute Gasteiger partial charge is 0.0602 e. The number of hydrogen-bond donors (Lipinski definition) is 3. The molecule has 3 N–H and O–H groups in total. The summed E-state index contributed by atoms with van der Waals surface area (Å²) in [5.41, 5.74) is 2.71. The lowest BCUT2D eigenvalue weighted by Gasteiger charge is -2.42. The molecule has 0 aromatic heterocycles. The highest BCUT2D eigenvalue weighted by Gasteiger charge is 2.48. The van der Waals surface area contributed by atoms with E-state index in [1.807, 2.05) is 27.7 Å². The molecule has 0 aromatic rings. The third kappa shape index (κ3) is 6.93. The van der Waals surface area contributed by atoms with E-state index in [1.54, 1.807) is 5.57 Å². The quantitative estimate of drug-likeness (QED) is 0.441. The maximum absolute atomic E-state index is 9.94. The zero-order valence-electron chi connectivity index (χ0n) is 20.3. The van der Waals surface area contributed by atoms with Gasteiger partial charge in [-0.15, -0.1) is 0 Å².